The Labute approximate surface area is 132 Å². The first-order valence-electron chi connectivity index (χ1n) is 6.67. The second-order valence-corrected chi connectivity index (χ2v) is 5.56. The highest BCUT2D eigenvalue weighted by molar-refractivity contribution is 9.09. The number of benzene rings is 1. The predicted molar refractivity (Wildman–Crippen MR) is 86.7 cm³/mol. The minimum absolute atomic E-state index is 0.129. The first-order valence-corrected chi connectivity index (χ1v) is 7.80. The fraction of sp³-hybridized carbons (Fsp3) is 0.250. The number of rotatable bonds is 5. The van der Waals surface area contributed by atoms with Crippen LogP contribution in [-0.4, -0.2) is 27.2 Å². The van der Waals surface area contributed by atoms with Crippen LogP contribution in [0.2, 0.25) is 0 Å². The topological polar surface area (TPSA) is 42.3 Å². The van der Waals surface area contributed by atoms with E-state index in [-0.39, 0.29) is 11.5 Å². The summed E-state index contributed by atoms with van der Waals surface area (Å²) in [5.74, 6) is -0.129. The number of aromatic nitrogens is 1. The van der Waals surface area contributed by atoms with Crippen LogP contribution in [0, 0.1) is 0 Å². The van der Waals surface area contributed by atoms with Crippen molar-refractivity contribution in [2.24, 2.45) is 7.05 Å². The van der Waals surface area contributed by atoms with Crippen LogP contribution in [0.1, 0.15) is 15.9 Å². The summed E-state index contributed by atoms with van der Waals surface area (Å²) in [5, 5.41) is 0.691. The molecule has 0 atom stereocenters. The van der Waals surface area contributed by atoms with Crippen molar-refractivity contribution in [2.45, 2.75) is 6.54 Å². The summed E-state index contributed by atoms with van der Waals surface area (Å²) in [4.78, 5) is 26.0. The van der Waals surface area contributed by atoms with Crippen LogP contribution in [0.25, 0.3) is 0 Å². The van der Waals surface area contributed by atoms with Crippen molar-refractivity contribution in [3.63, 3.8) is 0 Å². The van der Waals surface area contributed by atoms with E-state index in [0.717, 1.165) is 5.56 Å². The van der Waals surface area contributed by atoms with Gasteiger partial charge in [0.1, 0.15) is 0 Å². The van der Waals surface area contributed by atoms with E-state index in [4.69, 9.17) is 0 Å². The minimum atomic E-state index is -0.181. The molecule has 1 heterocycles. The highest BCUT2D eigenvalue weighted by Gasteiger charge is 2.16. The van der Waals surface area contributed by atoms with Crippen molar-refractivity contribution in [1.82, 2.24) is 9.47 Å². The Morgan fingerprint density at radius 2 is 1.95 bits per heavy atom. The van der Waals surface area contributed by atoms with Crippen LogP contribution < -0.4 is 5.56 Å². The Morgan fingerprint density at radius 1 is 1.24 bits per heavy atom. The van der Waals surface area contributed by atoms with Gasteiger partial charge in [-0.3, -0.25) is 9.59 Å². The van der Waals surface area contributed by atoms with Crippen LogP contribution in [0.5, 0.6) is 0 Å². The first-order chi connectivity index (χ1) is 10.1. The zero-order valence-electron chi connectivity index (χ0n) is 11.8. The third-order valence-corrected chi connectivity index (χ3v) is 3.56. The molecule has 110 valence electrons. The number of hydrogen-bond acceptors (Lipinski definition) is 2. The summed E-state index contributed by atoms with van der Waals surface area (Å²) >= 11 is 3.37. The number of pyridine rings is 1. The van der Waals surface area contributed by atoms with E-state index < -0.39 is 0 Å². The summed E-state index contributed by atoms with van der Waals surface area (Å²) < 4.78 is 1.45. The number of nitrogens with zero attached hydrogens (tertiary/aromatic N) is 2. The van der Waals surface area contributed by atoms with E-state index in [2.05, 4.69) is 15.9 Å². The molecule has 4 nitrogen and oxygen atoms in total. The second-order valence-electron chi connectivity index (χ2n) is 4.77. The Kier molecular flexibility index (Phi) is 5.33. The molecule has 0 aliphatic rings. The molecule has 21 heavy (non-hydrogen) atoms. The van der Waals surface area contributed by atoms with Crippen LogP contribution in [-0.2, 0) is 13.6 Å². The van der Waals surface area contributed by atoms with E-state index in [1.54, 1.807) is 24.2 Å². The molecule has 1 aromatic heterocycles. The predicted octanol–water partition coefficient (Wildman–Crippen LogP) is 2.42. The molecule has 0 N–H and O–H groups in total. The number of aryl methyl sites for hydroxylation is 1. The number of carbonyl (C=O) groups is 1. The van der Waals surface area contributed by atoms with Crippen molar-refractivity contribution >= 4 is 21.8 Å². The molecule has 1 amide bonds. The zero-order chi connectivity index (χ0) is 15.2. The quantitative estimate of drug-likeness (QED) is 0.778. The molecule has 0 radical (unpaired) electrons. The fourth-order valence-electron chi connectivity index (χ4n) is 2.02. The highest BCUT2D eigenvalue weighted by Crippen LogP contribution is 2.09. The lowest BCUT2D eigenvalue weighted by molar-refractivity contribution is 0.0754. The van der Waals surface area contributed by atoms with E-state index in [1.807, 2.05) is 30.3 Å². The van der Waals surface area contributed by atoms with Crippen molar-refractivity contribution in [3.8, 4) is 0 Å². The lowest BCUT2D eigenvalue weighted by Gasteiger charge is -2.22. The average molecular weight is 349 g/mol. The lowest BCUT2D eigenvalue weighted by atomic mass is 10.2. The number of hydrogen-bond donors (Lipinski definition) is 0. The number of amides is 1. The number of alkyl halides is 1. The lowest BCUT2D eigenvalue weighted by Crippen LogP contribution is -2.33. The van der Waals surface area contributed by atoms with Gasteiger partial charge in [-0.15, -0.1) is 0 Å². The standard InChI is InChI=1S/C16H17BrN2O2/c1-18-9-7-14(11-15(18)20)16(21)19(10-8-17)12-13-5-3-2-4-6-13/h2-7,9,11H,8,10,12H2,1H3. The molecule has 0 fully saturated rings. The molecule has 0 spiro atoms. The van der Waals surface area contributed by atoms with Gasteiger partial charge in [0.05, 0.1) is 0 Å². The summed E-state index contributed by atoms with van der Waals surface area (Å²) in [6.07, 6.45) is 1.62. The van der Waals surface area contributed by atoms with Gasteiger partial charge in [0.15, 0.2) is 0 Å². The molecule has 0 saturated heterocycles. The average Bonchev–Trinajstić information content (AvgIpc) is 2.50. The molecule has 0 bridgehead atoms. The number of halogens is 1. The summed E-state index contributed by atoms with van der Waals surface area (Å²) in [7, 11) is 1.66. The zero-order valence-corrected chi connectivity index (χ0v) is 13.4. The molecule has 2 rings (SSSR count). The monoisotopic (exact) mass is 348 g/mol. The van der Waals surface area contributed by atoms with E-state index in [0.29, 0.717) is 24.0 Å². The summed E-state index contributed by atoms with van der Waals surface area (Å²) in [6, 6.07) is 12.9. The Hall–Kier alpha value is -1.88. The fourth-order valence-corrected chi connectivity index (χ4v) is 2.45. The van der Waals surface area contributed by atoms with Gasteiger partial charge in [-0.25, -0.2) is 0 Å². The summed E-state index contributed by atoms with van der Waals surface area (Å²) in [6.45, 7) is 1.11. The van der Waals surface area contributed by atoms with Crippen molar-refractivity contribution in [1.29, 1.82) is 0 Å². The van der Waals surface area contributed by atoms with Crippen LogP contribution >= 0.6 is 15.9 Å². The SMILES string of the molecule is Cn1ccc(C(=O)N(CCBr)Cc2ccccc2)cc1=O. The largest absolute Gasteiger partial charge is 0.333 e. The van der Waals surface area contributed by atoms with Gasteiger partial charge in [0, 0.05) is 43.3 Å². The van der Waals surface area contributed by atoms with Gasteiger partial charge >= 0.3 is 0 Å². The van der Waals surface area contributed by atoms with Crippen molar-refractivity contribution in [3.05, 3.63) is 70.1 Å². The van der Waals surface area contributed by atoms with Gasteiger partial charge in [0.25, 0.3) is 11.5 Å². The van der Waals surface area contributed by atoms with E-state index in [9.17, 15) is 9.59 Å². The molecular formula is C16H17BrN2O2. The first kappa shape index (κ1) is 15.5. The van der Waals surface area contributed by atoms with Crippen molar-refractivity contribution < 1.29 is 4.79 Å². The van der Waals surface area contributed by atoms with Crippen LogP contribution in [0.4, 0.5) is 0 Å². The van der Waals surface area contributed by atoms with Gasteiger partial charge in [0.2, 0.25) is 0 Å². The van der Waals surface area contributed by atoms with Crippen molar-refractivity contribution in [2.75, 3.05) is 11.9 Å². The maximum absolute atomic E-state index is 12.6. The van der Waals surface area contributed by atoms with Gasteiger partial charge < -0.3 is 9.47 Å². The number of carbonyl (C=O) groups excluding carboxylic acids is 1. The van der Waals surface area contributed by atoms with Gasteiger partial charge in [-0.1, -0.05) is 46.3 Å². The summed E-state index contributed by atoms with van der Waals surface area (Å²) in [5.41, 5.74) is 1.31. The maximum Gasteiger partial charge on any atom is 0.254 e. The maximum atomic E-state index is 12.6. The third-order valence-electron chi connectivity index (χ3n) is 3.21. The molecule has 2 aromatic rings. The second kappa shape index (κ2) is 7.22. The van der Waals surface area contributed by atoms with Crippen LogP contribution in [0.3, 0.4) is 0 Å². The van der Waals surface area contributed by atoms with Crippen LogP contribution in [0.15, 0.2) is 53.5 Å². The molecule has 0 aliphatic carbocycles. The minimum Gasteiger partial charge on any atom is -0.333 e. The molecule has 5 heteroatoms. The molecule has 0 aliphatic heterocycles. The van der Waals surface area contributed by atoms with E-state index >= 15 is 0 Å². The van der Waals surface area contributed by atoms with Gasteiger partial charge in [-0.05, 0) is 11.6 Å². The normalized spacial score (nSPS) is 10.4. The smallest absolute Gasteiger partial charge is 0.254 e. The highest BCUT2D eigenvalue weighted by atomic mass is 79.9. The Bertz CT molecular complexity index is 667. The Balaban J connectivity index is 2.22. The van der Waals surface area contributed by atoms with E-state index in [1.165, 1.54) is 10.6 Å². The third kappa shape index (κ3) is 4.04. The molecule has 0 saturated carbocycles. The Morgan fingerprint density at radius 3 is 2.57 bits per heavy atom. The van der Waals surface area contributed by atoms with Gasteiger partial charge in [-0.2, -0.15) is 0 Å². The molecular weight excluding hydrogens is 332 g/mol. The molecule has 0 unspecified atom stereocenters. The molecule has 1 aromatic carbocycles.